The minimum atomic E-state index is -0.240. The lowest BCUT2D eigenvalue weighted by Gasteiger charge is -2.22. The molecule has 4 nitrogen and oxygen atoms in total. The van der Waals surface area contributed by atoms with Crippen LogP contribution in [0, 0.1) is 17.7 Å². The SMILES string of the molecule is CCN(C)C[C@@H]1CN(Cc2cc(F)ccc2OC)C[C@@H]1CO. The topological polar surface area (TPSA) is 35.9 Å². The van der Waals surface area contributed by atoms with Gasteiger partial charge in [0.15, 0.2) is 0 Å². The lowest BCUT2D eigenvalue weighted by atomic mass is 9.96. The van der Waals surface area contributed by atoms with Crippen molar-refractivity contribution in [3.8, 4) is 5.75 Å². The van der Waals surface area contributed by atoms with Crippen LogP contribution in [0.25, 0.3) is 0 Å². The van der Waals surface area contributed by atoms with Crippen LogP contribution in [0.15, 0.2) is 18.2 Å². The highest BCUT2D eigenvalue weighted by atomic mass is 19.1. The molecule has 124 valence electrons. The molecule has 0 saturated carbocycles. The molecular formula is C17H27FN2O2. The molecule has 1 fully saturated rings. The van der Waals surface area contributed by atoms with Crippen LogP contribution in [0.4, 0.5) is 4.39 Å². The smallest absolute Gasteiger partial charge is 0.123 e. The van der Waals surface area contributed by atoms with E-state index in [9.17, 15) is 9.50 Å². The number of likely N-dealkylation sites (tertiary alicyclic amines) is 1. The fourth-order valence-electron chi connectivity index (χ4n) is 3.22. The van der Waals surface area contributed by atoms with Crippen molar-refractivity contribution in [3.05, 3.63) is 29.6 Å². The monoisotopic (exact) mass is 310 g/mol. The largest absolute Gasteiger partial charge is 0.496 e. The first-order chi connectivity index (χ1) is 10.6. The van der Waals surface area contributed by atoms with Gasteiger partial charge in [-0.2, -0.15) is 0 Å². The lowest BCUT2D eigenvalue weighted by molar-refractivity contribution is 0.177. The molecule has 1 aromatic rings. The minimum absolute atomic E-state index is 0.207. The summed E-state index contributed by atoms with van der Waals surface area (Å²) in [6.45, 7) is 6.76. The van der Waals surface area contributed by atoms with Gasteiger partial charge in [0.05, 0.1) is 7.11 Å². The number of nitrogens with zero attached hydrogens (tertiary/aromatic N) is 2. The summed E-state index contributed by atoms with van der Waals surface area (Å²) in [6.07, 6.45) is 0. The molecule has 0 amide bonds. The fourth-order valence-corrected chi connectivity index (χ4v) is 3.22. The van der Waals surface area contributed by atoms with Crippen molar-refractivity contribution in [1.82, 2.24) is 9.80 Å². The van der Waals surface area contributed by atoms with Crippen LogP contribution < -0.4 is 4.74 Å². The van der Waals surface area contributed by atoms with Gasteiger partial charge in [-0.1, -0.05) is 6.92 Å². The Morgan fingerprint density at radius 1 is 1.36 bits per heavy atom. The zero-order valence-electron chi connectivity index (χ0n) is 13.8. The molecule has 0 spiro atoms. The molecule has 2 atom stereocenters. The number of hydrogen-bond donors (Lipinski definition) is 1. The Hall–Kier alpha value is -1.17. The number of aliphatic hydroxyl groups is 1. The predicted octanol–water partition coefficient (Wildman–Crippen LogP) is 1.83. The summed E-state index contributed by atoms with van der Waals surface area (Å²) in [5.41, 5.74) is 0.865. The maximum atomic E-state index is 13.5. The van der Waals surface area contributed by atoms with Crippen molar-refractivity contribution in [2.75, 3.05) is 46.9 Å². The lowest BCUT2D eigenvalue weighted by Crippen LogP contribution is -2.31. The molecule has 22 heavy (non-hydrogen) atoms. The zero-order chi connectivity index (χ0) is 16.1. The van der Waals surface area contributed by atoms with Crippen LogP contribution in [0.2, 0.25) is 0 Å². The second-order valence-corrected chi connectivity index (χ2v) is 6.21. The van der Waals surface area contributed by atoms with Gasteiger partial charge in [-0.15, -0.1) is 0 Å². The number of aliphatic hydroxyl groups excluding tert-OH is 1. The zero-order valence-corrected chi connectivity index (χ0v) is 13.8. The third kappa shape index (κ3) is 4.18. The first kappa shape index (κ1) is 17.2. The van der Waals surface area contributed by atoms with E-state index < -0.39 is 0 Å². The average Bonchev–Trinajstić information content (AvgIpc) is 2.89. The van der Waals surface area contributed by atoms with Gasteiger partial charge >= 0.3 is 0 Å². The standard InChI is InChI=1S/C17H27FN2O2/c1-4-19(2)8-14-10-20(11-15(14)12-21)9-13-7-16(18)5-6-17(13)22-3/h5-7,14-15,21H,4,8-12H2,1-3H3/t14-,15-/m1/s1. The van der Waals surface area contributed by atoms with Crippen LogP contribution in [0.3, 0.4) is 0 Å². The quantitative estimate of drug-likeness (QED) is 0.833. The summed E-state index contributed by atoms with van der Waals surface area (Å²) in [5.74, 6) is 1.22. The highest BCUT2D eigenvalue weighted by molar-refractivity contribution is 5.33. The number of methoxy groups -OCH3 is 1. The molecule has 0 bridgehead atoms. The molecule has 1 heterocycles. The van der Waals surface area contributed by atoms with Crippen LogP contribution in [-0.4, -0.2) is 61.8 Å². The van der Waals surface area contributed by atoms with Gasteiger partial charge in [0.2, 0.25) is 0 Å². The average molecular weight is 310 g/mol. The molecule has 0 aliphatic carbocycles. The van der Waals surface area contributed by atoms with E-state index in [-0.39, 0.29) is 18.3 Å². The maximum Gasteiger partial charge on any atom is 0.123 e. The molecule has 1 aliphatic rings. The van der Waals surface area contributed by atoms with E-state index in [1.165, 1.54) is 12.1 Å². The molecule has 0 radical (unpaired) electrons. The first-order valence-corrected chi connectivity index (χ1v) is 7.91. The number of rotatable bonds is 7. The molecule has 0 unspecified atom stereocenters. The van der Waals surface area contributed by atoms with E-state index in [1.54, 1.807) is 13.2 Å². The van der Waals surface area contributed by atoms with E-state index >= 15 is 0 Å². The Bertz CT molecular complexity index is 484. The Kier molecular flexibility index (Phi) is 6.17. The predicted molar refractivity (Wildman–Crippen MR) is 85.5 cm³/mol. The van der Waals surface area contributed by atoms with Gasteiger partial charge in [0.25, 0.3) is 0 Å². The third-order valence-electron chi connectivity index (χ3n) is 4.61. The second kappa shape index (κ2) is 7.90. The summed E-state index contributed by atoms with van der Waals surface area (Å²) in [5, 5.41) is 9.62. The Balaban J connectivity index is 2.03. The van der Waals surface area contributed by atoms with Crippen molar-refractivity contribution in [1.29, 1.82) is 0 Å². The van der Waals surface area contributed by atoms with E-state index in [1.807, 2.05) is 0 Å². The van der Waals surface area contributed by atoms with E-state index in [2.05, 4.69) is 23.8 Å². The van der Waals surface area contributed by atoms with Gasteiger partial charge in [-0.3, -0.25) is 4.90 Å². The second-order valence-electron chi connectivity index (χ2n) is 6.21. The van der Waals surface area contributed by atoms with Gasteiger partial charge in [0.1, 0.15) is 11.6 Å². The van der Waals surface area contributed by atoms with E-state index in [4.69, 9.17) is 4.74 Å². The Labute approximate surface area is 132 Å². The van der Waals surface area contributed by atoms with Crippen molar-refractivity contribution < 1.29 is 14.2 Å². The summed E-state index contributed by atoms with van der Waals surface area (Å²) in [7, 11) is 3.71. The molecule has 1 aliphatic heterocycles. The minimum Gasteiger partial charge on any atom is -0.496 e. The Morgan fingerprint density at radius 3 is 2.73 bits per heavy atom. The number of halogens is 1. The van der Waals surface area contributed by atoms with Crippen molar-refractivity contribution in [3.63, 3.8) is 0 Å². The molecule has 0 aromatic heterocycles. The van der Waals surface area contributed by atoms with Crippen LogP contribution >= 0.6 is 0 Å². The van der Waals surface area contributed by atoms with Crippen molar-refractivity contribution >= 4 is 0 Å². The number of hydrogen-bond acceptors (Lipinski definition) is 4. The molecule has 1 saturated heterocycles. The van der Waals surface area contributed by atoms with Gasteiger partial charge in [0, 0.05) is 38.3 Å². The molecule has 1 aromatic carbocycles. The normalized spacial score (nSPS) is 22.5. The summed E-state index contributed by atoms with van der Waals surface area (Å²) < 4.78 is 18.8. The summed E-state index contributed by atoms with van der Waals surface area (Å²) in [4.78, 5) is 4.56. The van der Waals surface area contributed by atoms with Crippen molar-refractivity contribution in [2.24, 2.45) is 11.8 Å². The third-order valence-corrected chi connectivity index (χ3v) is 4.61. The molecule has 2 rings (SSSR count). The highest BCUT2D eigenvalue weighted by Crippen LogP contribution is 2.28. The van der Waals surface area contributed by atoms with Crippen LogP contribution in [0.1, 0.15) is 12.5 Å². The molecule has 5 heteroatoms. The summed E-state index contributed by atoms with van der Waals surface area (Å²) in [6, 6.07) is 4.63. The first-order valence-electron chi connectivity index (χ1n) is 7.91. The summed E-state index contributed by atoms with van der Waals surface area (Å²) >= 11 is 0. The van der Waals surface area contributed by atoms with Gasteiger partial charge in [-0.25, -0.2) is 4.39 Å². The molecular weight excluding hydrogens is 283 g/mol. The van der Waals surface area contributed by atoms with Gasteiger partial charge in [-0.05, 0) is 43.6 Å². The number of benzene rings is 1. The van der Waals surface area contributed by atoms with Gasteiger partial charge < -0.3 is 14.7 Å². The van der Waals surface area contributed by atoms with E-state index in [0.717, 1.165) is 37.5 Å². The highest BCUT2D eigenvalue weighted by Gasteiger charge is 2.33. The molecule has 1 N–H and O–H groups in total. The fraction of sp³-hybridized carbons (Fsp3) is 0.647. The van der Waals surface area contributed by atoms with Crippen LogP contribution in [0.5, 0.6) is 5.75 Å². The van der Waals surface area contributed by atoms with E-state index in [0.29, 0.717) is 12.5 Å². The maximum absolute atomic E-state index is 13.5. The number of ether oxygens (including phenoxy) is 1. The Morgan fingerprint density at radius 2 is 2.09 bits per heavy atom. The van der Waals surface area contributed by atoms with Crippen LogP contribution in [-0.2, 0) is 6.54 Å². The van der Waals surface area contributed by atoms with Crippen molar-refractivity contribution in [2.45, 2.75) is 13.5 Å².